The Labute approximate surface area is 208 Å². The Balaban J connectivity index is 1.35. The summed E-state index contributed by atoms with van der Waals surface area (Å²) < 4.78 is 5.46. The lowest BCUT2D eigenvalue weighted by molar-refractivity contribution is -0.124. The molecule has 186 valence electrons. The van der Waals surface area contributed by atoms with Crippen LogP contribution in [-0.4, -0.2) is 46.9 Å². The van der Waals surface area contributed by atoms with E-state index in [9.17, 15) is 14.4 Å². The summed E-state index contributed by atoms with van der Waals surface area (Å²) in [6, 6.07) is 1.02. The van der Waals surface area contributed by atoms with Crippen LogP contribution in [0.5, 0.6) is 0 Å². The van der Waals surface area contributed by atoms with Crippen LogP contribution in [0.4, 0.5) is 11.5 Å². The number of carbonyl (C=O) groups is 3. The summed E-state index contributed by atoms with van der Waals surface area (Å²) in [5.41, 5.74) is 2.91. The third kappa shape index (κ3) is 4.56. The van der Waals surface area contributed by atoms with E-state index in [1.165, 1.54) is 11.3 Å². The molecule has 0 bridgehead atoms. The van der Waals surface area contributed by atoms with Gasteiger partial charge in [-0.3, -0.25) is 14.4 Å². The van der Waals surface area contributed by atoms with Crippen molar-refractivity contribution in [2.75, 3.05) is 23.8 Å². The minimum atomic E-state index is -0.692. The molecular formula is C25H31N5O4S. The van der Waals surface area contributed by atoms with Crippen molar-refractivity contribution < 1.29 is 19.1 Å². The molecule has 1 atom stereocenters. The van der Waals surface area contributed by atoms with Gasteiger partial charge in [0.25, 0.3) is 5.91 Å². The molecule has 10 heteroatoms. The van der Waals surface area contributed by atoms with Crippen molar-refractivity contribution in [1.29, 1.82) is 0 Å². The highest BCUT2D eigenvalue weighted by Crippen LogP contribution is 2.44. The Hall–Kier alpha value is -2.85. The topological polar surface area (TPSA) is 122 Å². The largest absolute Gasteiger partial charge is 0.381 e. The van der Waals surface area contributed by atoms with Crippen molar-refractivity contribution in [3.05, 3.63) is 33.9 Å². The average Bonchev–Trinajstić information content (AvgIpc) is 3.39. The van der Waals surface area contributed by atoms with Crippen LogP contribution >= 0.6 is 11.3 Å². The highest BCUT2D eigenvalue weighted by molar-refractivity contribution is 7.09. The summed E-state index contributed by atoms with van der Waals surface area (Å²) in [5.74, 6) is 0.328. The lowest BCUT2D eigenvalue weighted by Gasteiger charge is -2.32. The molecule has 2 aliphatic heterocycles. The van der Waals surface area contributed by atoms with E-state index in [-0.39, 0.29) is 23.6 Å². The van der Waals surface area contributed by atoms with Crippen molar-refractivity contribution in [2.45, 2.75) is 63.8 Å². The number of amides is 3. The Morgan fingerprint density at radius 2 is 1.94 bits per heavy atom. The van der Waals surface area contributed by atoms with Crippen molar-refractivity contribution in [3.63, 3.8) is 0 Å². The van der Waals surface area contributed by atoms with Gasteiger partial charge in [0, 0.05) is 35.9 Å². The van der Waals surface area contributed by atoms with Crippen LogP contribution in [0.3, 0.4) is 0 Å². The fourth-order valence-electron chi connectivity index (χ4n) is 5.54. The van der Waals surface area contributed by atoms with Crippen LogP contribution in [0, 0.1) is 18.8 Å². The Morgan fingerprint density at radius 3 is 2.63 bits per heavy atom. The molecule has 1 aliphatic carbocycles. The minimum absolute atomic E-state index is 0.0359. The molecule has 2 fully saturated rings. The summed E-state index contributed by atoms with van der Waals surface area (Å²) in [5, 5.41) is 8.81. The van der Waals surface area contributed by atoms with Crippen LogP contribution in [0.25, 0.3) is 0 Å². The predicted octanol–water partition coefficient (Wildman–Crippen LogP) is 3.41. The molecule has 3 N–H and O–H groups in total. The number of nitrogens with one attached hydrogen (secondary N) is 3. The second kappa shape index (κ2) is 9.66. The first kappa shape index (κ1) is 23.9. The molecule has 0 aromatic carbocycles. The molecular weight excluding hydrogens is 466 g/mol. The molecule has 2 aromatic rings. The quantitative estimate of drug-likeness (QED) is 0.582. The van der Waals surface area contributed by atoms with Gasteiger partial charge in [-0.15, -0.1) is 11.3 Å². The zero-order valence-corrected chi connectivity index (χ0v) is 20.9. The number of fused-ring (bicyclic) bond motifs is 2. The molecule has 5 rings (SSSR count). The van der Waals surface area contributed by atoms with Crippen LogP contribution in [0.15, 0.2) is 17.8 Å². The van der Waals surface area contributed by atoms with E-state index in [1.807, 2.05) is 6.92 Å². The highest BCUT2D eigenvalue weighted by atomic mass is 32.1. The highest BCUT2D eigenvalue weighted by Gasteiger charge is 2.48. The first-order valence-corrected chi connectivity index (χ1v) is 13.2. The number of ether oxygens (including phenoxy) is 1. The van der Waals surface area contributed by atoms with E-state index in [2.05, 4.69) is 32.8 Å². The molecule has 1 spiro atoms. The monoisotopic (exact) mass is 497 g/mol. The first-order chi connectivity index (χ1) is 16.9. The van der Waals surface area contributed by atoms with Gasteiger partial charge in [0.15, 0.2) is 0 Å². The number of thiazole rings is 1. The van der Waals surface area contributed by atoms with Crippen molar-refractivity contribution in [3.8, 4) is 0 Å². The van der Waals surface area contributed by atoms with E-state index >= 15 is 0 Å². The molecule has 1 saturated heterocycles. The molecule has 1 saturated carbocycles. The lowest BCUT2D eigenvalue weighted by atomic mass is 9.76. The van der Waals surface area contributed by atoms with Gasteiger partial charge in [-0.25, -0.2) is 9.97 Å². The normalized spacial score (nSPS) is 23.9. The maximum Gasteiger partial charge on any atom is 0.271 e. The summed E-state index contributed by atoms with van der Waals surface area (Å²) in [6.07, 6.45) is 6.70. The number of aromatic nitrogens is 2. The number of pyridine rings is 1. The summed E-state index contributed by atoms with van der Waals surface area (Å²) in [7, 11) is 0. The molecule has 2 aromatic heterocycles. The fraction of sp³-hybridized carbons (Fsp3) is 0.560. The molecule has 9 nitrogen and oxygen atoms in total. The number of nitrogens with zero attached hydrogens (tertiary/aromatic N) is 2. The maximum absolute atomic E-state index is 13.5. The lowest BCUT2D eigenvalue weighted by Crippen LogP contribution is -2.49. The predicted molar refractivity (Wildman–Crippen MR) is 132 cm³/mol. The number of aryl methyl sites for hydroxylation is 1. The van der Waals surface area contributed by atoms with Crippen molar-refractivity contribution in [1.82, 2.24) is 15.3 Å². The average molecular weight is 498 g/mol. The number of anilines is 2. The molecule has 3 aliphatic rings. The number of rotatable bonds is 5. The van der Waals surface area contributed by atoms with E-state index in [0.29, 0.717) is 49.2 Å². The Bertz CT molecular complexity index is 1130. The minimum Gasteiger partial charge on any atom is -0.381 e. The van der Waals surface area contributed by atoms with E-state index < -0.39 is 11.5 Å². The van der Waals surface area contributed by atoms with Crippen LogP contribution in [-0.2, 0) is 19.7 Å². The first-order valence-electron chi connectivity index (χ1n) is 12.3. The van der Waals surface area contributed by atoms with E-state index in [4.69, 9.17) is 4.74 Å². The van der Waals surface area contributed by atoms with Gasteiger partial charge < -0.3 is 20.7 Å². The Kier molecular flexibility index (Phi) is 6.59. The third-order valence-electron chi connectivity index (χ3n) is 7.76. The van der Waals surface area contributed by atoms with Gasteiger partial charge in [0.1, 0.15) is 17.6 Å². The third-order valence-corrected chi connectivity index (χ3v) is 8.52. The molecule has 0 radical (unpaired) electrons. The van der Waals surface area contributed by atoms with Crippen LogP contribution in [0.1, 0.15) is 66.4 Å². The van der Waals surface area contributed by atoms with Crippen LogP contribution < -0.4 is 16.0 Å². The Morgan fingerprint density at radius 1 is 1.20 bits per heavy atom. The van der Waals surface area contributed by atoms with Gasteiger partial charge in [-0.05, 0) is 44.4 Å². The van der Waals surface area contributed by atoms with Gasteiger partial charge in [0.2, 0.25) is 11.8 Å². The number of hydrogen-bond donors (Lipinski definition) is 3. The van der Waals surface area contributed by atoms with Gasteiger partial charge in [0.05, 0.1) is 16.6 Å². The second-order valence-corrected chi connectivity index (χ2v) is 11.0. The maximum atomic E-state index is 13.5. The molecule has 3 amide bonds. The smallest absolute Gasteiger partial charge is 0.271 e. The number of carbonyl (C=O) groups excluding carboxylic acids is 3. The summed E-state index contributed by atoms with van der Waals surface area (Å²) in [6.45, 7) is 5.13. The van der Waals surface area contributed by atoms with E-state index in [0.717, 1.165) is 36.1 Å². The molecule has 0 unspecified atom stereocenters. The zero-order chi connectivity index (χ0) is 24.6. The molecule has 4 heterocycles. The standard InChI is InChI=1S/C25H31N5O4S/c1-14-3-5-16(6-4-14)21(30-22(31)20-15(2)35-13-27-20)23(32)29-19-11-18-17(12-26-19)25(24(33)28-18)7-9-34-10-8-25/h11-14,16,21H,3-10H2,1-2H3,(H,28,33)(H,30,31)(H,26,29,32)/t14?,16?,21-/m0/s1. The fourth-order valence-corrected chi connectivity index (χ4v) is 6.12. The van der Waals surface area contributed by atoms with Gasteiger partial charge in [-0.1, -0.05) is 19.8 Å². The molecule has 35 heavy (non-hydrogen) atoms. The van der Waals surface area contributed by atoms with E-state index in [1.54, 1.807) is 17.8 Å². The zero-order valence-electron chi connectivity index (χ0n) is 20.1. The summed E-state index contributed by atoms with van der Waals surface area (Å²) >= 11 is 1.40. The van der Waals surface area contributed by atoms with Crippen molar-refractivity contribution in [2.24, 2.45) is 11.8 Å². The van der Waals surface area contributed by atoms with Gasteiger partial charge >= 0.3 is 0 Å². The van der Waals surface area contributed by atoms with Gasteiger partial charge in [-0.2, -0.15) is 0 Å². The van der Waals surface area contributed by atoms with Crippen LogP contribution in [0.2, 0.25) is 0 Å². The SMILES string of the molecule is Cc1scnc1C(=O)N[C@H](C(=O)Nc1cc2c(cn1)C1(CCOCC1)C(=O)N2)C1CCC(C)CC1. The second-order valence-electron chi connectivity index (χ2n) is 9.98. The number of hydrogen-bond acceptors (Lipinski definition) is 7. The summed E-state index contributed by atoms with van der Waals surface area (Å²) in [4.78, 5) is 48.7. The van der Waals surface area contributed by atoms with Crippen molar-refractivity contribution >= 4 is 40.6 Å².